The Labute approximate surface area is 196 Å². The van der Waals surface area contributed by atoms with Gasteiger partial charge in [-0.3, -0.25) is 14.6 Å². The van der Waals surface area contributed by atoms with E-state index in [1.165, 1.54) is 6.92 Å². The fraction of sp³-hybridized carbons (Fsp3) is 0.346. The maximum absolute atomic E-state index is 13.4. The van der Waals surface area contributed by atoms with E-state index < -0.39 is 24.1 Å². The first-order valence-electron chi connectivity index (χ1n) is 11.3. The molecule has 0 amide bonds. The number of carbonyl (C=O) groups is 2. The van der Waals surface area contributed by atoms with Crippen LogP contribution in [0.3, 0.4) is 0 Å². The van der Waals surface area contributed by atoms with Gasteiger partial charge in [0.25, 0.3) is 0 Å². The number of benzene rings is 2. The Morgan fingerprint density at radius 3 is 2.41 bits per heavy atom. The van der Waals surface area contributed by atoms with Crippen molar-refractivity contribution in [3.63, 3.8) is 0 Å². The second kappa shape index (κ2) is 8.47. The number of ketones is 2. The second-order valence-corrected chi connectivity index (χ2v) is 8.82. The standard InChI is InChI=1S/C26H25NO7/c1-12(28)22(29)13(2)33-10-14-11-34-26-18-15(14)8-5-9-27-21(18)25(32)19-20(26)24(31)17-7-4-3-6-16(17)23(19)30/h3-4,6-7,9,12-13,22,28-29,32H,5,8,10-11H2,1-2H3. The molecular formula is C26H25NO7. The minimum Gasteiger partial charge on any atom is -0.505 e. The minimum absolute atomic E-state index is 0.0624. The quantitative estimate of drug-likeness (QED) is 0.531. The van der Waals surface area contributed by atoms with Crippen LogP contribution in [0.25, 0.3) is 5.57 Å². The van der Waals surface area contributed by atoms with Crippen molar-refractivity contribution in [2.24, 2.45) is 4.99 Å². The van der Waals surface area contributed by atoms with Crippen LogP contribution in [0.4, 0.5) is 5.69 Å². The average molecular weight is 463 g/mol. The fourth-order valence-corrected chi connectivity index (χ4v) is 4.78. The maximum atomic E-state index is 13.4. The Bertz CT molecular complexity index is 1270. The van der Waals surface area contributed by atoms with Crippen molar-refractivity contribution in [3.8, 4) is 11.5 Å². The summed E-state index contributed by atoms with van der Waals surface area (Å²) in [5.41, 5.74) is 2.83. The summed E-state index contributed by atoms with van der Waals surface area (Å²) in [6, 6.07) is 6.54. The molecule has 0 spiro atoms. The van der Waals surface area contributed by atoms with Crippen LogP contribution in [0.1, 0.15) is 64.1 Å². The number of aliphatic hydroxyl groups is 2. The summed E-state index contributed by atoms with van der Waals surface area (Å²) in [7, 11) is 0. The van der Waals surface area contributed by atoms with Gasteiger partial charge in [0.2, 0.25) is 0 Å². The molecule has 176 valence electrons. The molecule has 2 heterocycles. The van der Waals surface area contributed by atoms with Crippen LogP contribution in [-0.2, 0) is 4.74 Å². The smallest absolute Gasteiger partial charge is 0.198 e. The monoisotopic (exact) mass is 463 g/mol. The molecule has 34 heavy (non-hydrogen) atoms. The summed E-state index contributed by atoms with van der Waals surface area (Å²) < 4.78 is 11.9. The van der Waals surface area contributed by atoms with Gasteiger partial charge in [-0.15, -0.1) is 0 Å². The zero-order chi connectivity index (χ0) is 24.1. The highest BCUT2D eigenvalue weighted by Crippen LogP contribution is 2.53. The summed E-state index contributed by atoms with van der Waals surface area (Å²) in [4.78, 5) is 31.1. The Kier molecular flexibility index (Phi) is 5.59. The van der Waals surface area contributed by atoms with Gasteiger partial charge in [0.05, 0.1) is 35.5 Å². The number of hydrogen-bond acceptors (Lipinski definition) is 8. The molecule has 2 aromatic carbocycles. The first-order chi connectivity index (χ1) is 16.3. The lowest BCUT2D eigenvalue weighted by Gasteiger charge is -2.30. The number of aromatic hydroxyl groups is 1. The average Bonchev–Trinajstić information content (AvgIpc) is 3.07. The van der Waals surface area contributed by atoms with Gasteiger partial charge in [-0.1, -0.05) is 24.3 Å². The summed E-state index contributed by atoms with van der Waals surface area (Å²) in [6.07, 6.45) is 0.234. The van der Waals surface area contributed by atoms with Crippen molar-refractivity contribution < 1.29 is 34.4 Å². The number of rotatable bonds is 5. The normalized spacial score (nSPS) is 18.9. The van der Waals surface area contributed by atoms with Crippen LogP contribution in [0.15, 0.2) is 34.8 Å². The highest BCUT2D eigenvalue weighted by molar-refractivity contribution is 6.31. The number of phenols is 1. The third-order valence-electron chi connectivity index (χ3n) is 6.63. The Hall–Kier alpha value is -3.33. The second-order valence-electron chi connectivity index (χ2n) is 8.82. The largest absolute Gasteiger partial charge is 0.505 e. The molecule has 3 aliphatic rings. The number of allylic oxidation sites excluding steroid dienone is 1. The van der Waals surface area contributed by atoms with Gasteiger partial charge in [-0.05, 0) is 37.8 Å². The van der Waals surface area contributed by atoms with E-state index in [4.69, 9.17) is 9.47 Å². The molecular weight excluding hydrogens is 438 g/mol. The number of hydrogen-bond donors (Lipinski definition) is 3. The molecule has 0 aromatic heterocycles. The molecule has 0 fully saturated rings. The van der Waals surface area contributed by atoms with Crippen molar-refractivity contribution in [2.75, 3.05) is 13.2 Å². The molecule has 0 bridgehead atoms. The molecule has 2 aliphatic heterocycles. The predicted octanol–water partition coefficient (Wildman–Crippen LogP) is 2.96. The fourth-order valence-electron chi connectivity index (χ4n) is 4.78. The molecule has 1 aliphatic carbocycles. The number of ether oxygens (including phenoxy) is 2. The number of aliphatic hydroxyl groups excluding tert-OH is 2. The molecule has 8 heteroatoms. The Morgan fingerprint density at radius 2 is 1.74 bits per heavy atom. The van der Waals surface area contributed by atoms with Crippen molar-refractivity contribution in [3.05, 3.63) is 57.7 Å². The van der Waals surface area contributed by atoms with Crippen molar-refractivity contribution in [2.45, 2.75) is 45.0 Å². The first kappa shape index (κ1) is 22.5. The van der Waals surface area contributed by atoms with Gasteiger partial charge < -0.3 is 24.8 Å². The lowest BCUT2D eigenvalue weighted by molar-refractivity contribution is -0.0717. The van der Waals surface area contributed by atoms with Gasteiger partial charge in [-0.25, -0.2) is 0 Å². The first-order valence-corrected chi connectivity index (χ1v) is 11.3. The molecule has 8 nitrogen and oxygen atoms in total. The van der Waals surface area contributed by atoms with Gasteiger partial charge in [0.15, 0.2) is 17.3 Å². The molecule has 3 N–H and O–H groups in total. The third kappa shape index (κ3) is 3.37. The molecule has 5 rings (SSSR count). The summed E-state index contributed by atoms with van der Waals surface area (Å²) in [5.74, 6) is -0.893. The zero-order valence-corrected chi connectivity index (χ0v) is 18.9. The van der Waals surface area contributed by atoms with Gasteiger partial charge in [0, 0.05) is 17.3 Å². The van der Waals surface area contributed by atoms with E-state index in [-0.39, 0.29) is 58.4 Å². The summed E-state index contributed by atoms with van der Waals surface area (Å²) in [6.45, 7) is 3.42. The van der Waals surface area contributed by atoms with Crippen LogP contribution < -0.4 is 4.74 Å². The van der Waals surface area contributed by atoms with Gasteiger partial charge in [0.1, 0.15) is 24.1 Å². The number of carbonyl (C=O) groups excluding carboxylic acids is 2. The molecule has 3 unspecified atom stereocenters. The lowest BCUT2D eigenvalue weighted by Crippen LogP contribution is -2.36. The topological polar surface area (TPSA) is 126 Å². The Balaban J connectivity index is 1.64. The van der Waals surface area contributed by atoms with Crippen LogP contribution in [0.5, 0.6) is 11.5 Å². The molecule has 0 radical (unpaired) electrons. The zero-order valence-electron chi connectivity index (χ0n) is 18.9. The predicted molar refractivity (Wildman–Crippen MR) is 124 cm³/mol. The van der Waals surface area contributed by atoms with E-state index in [1.54, 1.807) is 37.4 Å². The van der Waals surface area contributed by atoms with E-state index in [0.29, 0.717) is 18.4 Å². The van der Waals surface area contributed by atoms with E-state index >= 15 is 0 Å². The lowest BCUT2D eigenvalue weighted by atomic mass is 9.79. The summed E-state index contributed by atoms with van der Waals surface area (Å²) in [5, 5.41) is 30.9. The maximum Gasteiger partial charge on any atom is 0.198 e. The van der Waals surface area contributed by atoms with Crippen molar-refractivity contribution in [1.29, 1.82) is 0 Å². The number of fused-ring (bicyclic) bond motifs is 3. The van der Waals surface area contributed by atoms with E-state index in [2.05, 4.69) is 4.99 Å². The van der Waals surface area contributed by atoms with E-state index in [0.717, 1.165) is 11.1 Å². The highest BCUT2D eigenvalue weighted by Gasteiger charge is 2.40. The molecule has 0 saturated heterocycles. The van der Waals surface area contributed by atoms with Crippen LogP contribution in [0, 0.1) is 0 Å². The Morgan fingerprint density at radius 1 is 1.06 bits per heavy atom. The van der Waals surface area contributed by atoms with Crippen LogP contribution in [0.2, 0.25) is 0 Å². The van der Waals surface area contributed by atoms with Gasteiger partial charge >= 0.3 is 0 Å². The van der Waals surface area contributed by atoms with Crippen molar-refractivity contribution >= 4 is 29.0 Å². The molecule has 2 aromatic rings. The number of nitrogens with zero attached hydrogens (tertiary/aromatic N) is 1. The van der Waals surface area contributed by atoms with E-state index in [9.17, 15) is 24.9 Å². The van der Waals surface area contributed by atoms with E-state index in [1.807, 2.05) is 0 Å². The highest BCUT2D eigenvalue weighted by atomic mass is 16.5. The SMILES string of the molecule is CC(O)C(O)C(C)OCC1=C2CCC=Nc3c(O)c4c(c(c32)OC1)C(=O)c1ccccc1C4=O. The van der Waals surface area contributed by atoms with Crippen LogP contribution in [-0.4, -0.2) is 64.6 Å². The van der Waals surface area contributed by atoms with Crippen molar-refractivity contribution in [1.82, 2.24) is 0 Å². The molecule has 0 saturated carbocycles. The van der Waals surface area contributed by atoms with Gasteiger partial charge in [-0.2, -0.15) is 0 Å². The minimum atomic E-state index is -1.05. The number of phenolic OH excluding ortho intramolecular Hbond substituents is 1. The summed E-state index contributed by atoms with van der Waals surface area (Å²) >= 11 is 0. The van der Waals surface area contributed by atoms with Crippen LogP contribution >= 0.6 is 0 Å². The molecule has 3 atom stereocenters. The number of aliphatic imine (C=N–C) groups is 1. The third-order valence-corrected chi connectivity index (χ3v) is 6.63.